The summed E-state index contributed by atoms with van der Waals surface area (Å²) in [6, 6.07) is 23.4. The van der Waals surface area contributed by atoms with E-state index in [4.69, 9.17) is 14.2 Å². The van der Waals surface area contributed by atoms with Crippen LogP contribution >= 0.6 is 45.2 Å². The second-order valence-electron chi connectivity index (χ2n) is 7.54. The molecule has 4 rings (SSSR count). The van der Waals surface area contributed by atoms with E-state index < -0.39 is 0 Å². The second kappa shape index (κ2) is 11.7. The van der Waals surface area contributed by atoms with Crippen molar-refractivity contribution in [3.63, 3.8) is 0 Å². The highest BCUT2D eigenvalue weighted by Gasteiger charge is 2.11. The van der Waals surface area contributed by atoms with Crippen LogP contribution < -0.4 is 19.6 Å². The van der Waals surface area contributed by atoms with Crippen molar-refractivity contribution in [3.05, 3.63) is 96.6 Å². The van der Waals surface area contributed by atoms with Crippen molar-refractivity contribution in [2.75, 3.05) is 14.2 Å². The molecule has 1 N–H and O–H groups in total. The molecule has 4 aromatic carbocycles. The minimum atomic E-state index is -0.363. The predicted molar refractivity (Wildman–Crippen MR) is 155 cm³/mol. The number of hydrogen-bond donors (Lipinski definition) is 1. The van der Waals surface area contributed by atoms with Crippen molar-refractivity contribution < 1.29 is 19.0 Å². The van der Waals surface area contributed by atoms with Crippen molar-refractivity contribution in [1.82, 2.24) is 5.43 Å². The van der Waals surface area contributed by atoms with Crippen LogP contribution in [0, 0.1) is 7.14 Å². The van der Waals surface area contributed by atoms with Crippen LogP contribution in [0.4, 0.5) is 0 Å². The number of fused-ring (bicyclic) bond motifs is 1. The van der Waals surface area contributed by atoms with Crippen LogP contribution in [0.25, 0.3) is 10.8 Å². The summed E-state index contributed by atoms with van der Waals surface area (Å²) in [4.78, 5) is 12.5. The number of carbonyl (C=O) groups is 1. The maximum atomic E-state index is 12.5. The van der Waals surface area contributed by atoms with E-state index in [1.54, 1.807) is 24.4 Å². The van der Waals surface area contributed by atoms with Gasteiger partial charge in [0.1, 0.15) is 23.9 Å². The van der Waals surface area contributed by atoms with Gasteiger partial charge in [-0.15, -0.1) is 0 Å². The van der Waals surface area contributed by atoms with Crippen LogP contribution in [0.3, 0.4) is 0 Å². The fourth-order valence-corrected chi connectivity index (χ4v) is 5.66. The highest BCUT2D eigenvalue weighted by atomic mass is 127. The summed E-state index contributed by atoms with van der Waals surface area (Å²) >= 11 is 4.51. The standard InChI is InChI=1S/C27H22I2N2O4/c1-33-21-12-20(13-22(14-21)34-2)27(32)31-30-15-17-10-24(28)26(25(29)11-17)35-16-19-8-5-7-18-6-3-4-9-23(18)19/h3-15H,16H2,1-2H3,(H,31,32)/b30-15-. The van der Waals surface area contributed by atoms with Crippen LogP contribution in [0.5, 0.6) is 17.2 Å². The average molecular weight is 692 g/mol. The Hall–Kier alpha value is -2.86. The number of halogens is 2. The smallest absolute Gasteiger partial charge is 0.271 e. The minimum absolute atomic E-state index is 0.363. The zero-order valence-electron chi connectivity index (χ0n) is 19.0. The minimum Gasteiger partial charge on any atom is -0.497 e. The third kappa shape index (κ3) is 6.23. The molecule has 4 aromatic rings. The quantitative estimate of drug-likeness (QED) is 0.132. The summed E-state index contributed by atoms with van der Waals surface area (Å²) in [7, 11) is 3.07. The van der Waals surface area contributed by atoms with Crippen molar-refractivity contribution in [2.24, 2.45) is 5.10 Å². The molecule has 178 valence electrons. The second-order valence-corrected chi connectivity index (χ2v) is 9.87. The summed E-state index contributed by atoms with van der Waals surface area (Å²) in [6.45, 7) is 0.473. The highest BCUT2D eigenvalue weighted by molar-refractivity contribution is 14.1. The molecule has 0 heterocycles. The van der Waals surface area contributed by atoms with Gasteiger partial charge in [0.2, 0.25) is 0 Å². The zero-order chi connectivity index (χ0) is 24.8. The average Bonchev–Trinajstić information content (AvgIpc) is 2.87. The number of hydrazone groups is 1. The number of amides is 1. The number of hydrogen-bond acceptors (Lipinski definition) is 5. The third-order valence-electron chi connectivity index (χ3n) is 5.27. The number of ether oxygens (including phenoxy) is 3. The van der Waals surface area contributed by atoms with Crippen LogP contribution in [0.1, 0.15) is 21.5 Å². The first-order chi connectivity index (χ1) is 17.0. The molecule has 0 saturated carbocycles. The molecular formula is C27H22I2N2O4. The van der Waals surface area contributed by atoms with Gasteiger partial charge in [-0.3, -0.25) is 4.79 Å². The molecule has 0 fully saturated rings. The van der Waals surface area contributed by atoms with Crippen LogP contribution in [0.15, 0.2) is 77.9 Å². The molecule has 0 spiro atoms. The Kier molecular flexibility index (Phi) is 8.45. The number of carbonyl (C=O) groups excluding carboxylic acids is 1. The molecule has 0 atom stereocenters. The molecule has 8 heteroatoms. The fourth-order valence-electron chi connectivity index (χ4n) is 3.53. The van der Waals surface area contributed by atoms with Gasteiger partial charge in [-0.1, -0.05) is 42.5 Å². The Morgan fingerprint density at radius 3 is 2.26 bits per heavy atom. The van der Waals surface area contributed by atoms with E-state index in [1.807, 2.05) is 30.3 Å². The summed E-state index contributed by atoms with van der Waals surface area (Å²) in [5.41, 5.74) is 4.92. The molecule has 0 aromatic heterocycles. The molecular weight excluding hydrogens is 670 g/mol. The van der Waals surface area contributed by atoms with Gasteiger partial charge in [0.05, 0.1) is 27.6 Å². The van der Waals surface area contributed by atoms with Gasteiger partial charge in [-0.25, -0.2) is 5.43 Å². The number of rotatable bonds is 8. The largest absolute Gasteiger partial charge is 0.497 e. The monoisotopic (exact) mass is 692 g/mol. The molecule has 0 aliphatic rings. The van der Waals surface area contributed by atoms with Gasteiger partial charge >= 0.3 is 0 Å². The maximum absolute atomic E-state index is 12.5. The lowest BCUT2D eigenvalue weighted by molar-refractivity contribution is 0.0954. The van der Waals surface area contributed by atoms with Gasteiger partial charge in [-0.05, 0) is 91.3 Å². The van der Waals surface area contributed by atoms with Crippen LogP contribution in [-0.2, 0) is 6.61 Å². The first-order valence-electron chi connectivity index (χ1n) is 10.6. The fraction of sp³-hybridized carbons (Fsp3) is 0.111. The van der Waals surface area contributed by atoms with E-state index in [0.717, 1.165) is 24.0 Å². The van der Waals surface area contributed by atoms with Gasteiger partial charge in [0.25, 0.3) is 5.91 Å². The van der Waals surface area contributed by atoms with E-state index in [9.17, 15) is 4.79 Å². The van der Waals surface area contributed by atoms with E-state index >= 15 is 0 Å². The van der Waals surface area contributed by atoms with Crippen molar-refractivity contribution in [2.45, 2.75) is 6.61 Å². The molecule has 0 aliphatic heterocycles. The molecule has 1 amide bonds. The van der Waals surface area contributed by atoms with Crippen LogP contribution in [-0.4, -0.2) is 26.3 Å². The summed E-state index contributed by atoms with van der Waals surface area (Å²) < 4.78 is 18.6. The molecule has 0 aliphatic carbocycles. The summed E-state index contributed by atoms with van der Waals surface area (Å²) in [5, 5.41) is 6.50. The lowest BCUT2D eigenvalue weighted by Crippen LogP contribution is -2.17. The van der Waals surface area contributed by atoms with E-state index in [1.165, 1.54) is 25.0 Å². The van der Waals surface area contributed by atoms with Crippen molar-refractivity contribution in [1.29, 1.82) is 0 Å². The first kappa shape index (κ1) is 25.2. The summed E-state index contributed by atoms with van der Waals surface area (Å²) in [5.74, 6) is 1.52. The van der Waals surface area contributed by atoms with Gasteiger partial charge in [0, 0.05) is 11.6 Å². The number of methoxy groups -OCH3 is 2. The molecule has 0 radical (unpaired) electrons. The number of nitrogens with zero attached hydrogens (tertiary/aromatic N) is 1. The maximum Gasteiger partial charge on any atom is 0.271 e. The molecule has 6 nitrogen and oxygen atoms in total. The Morgan fingerprint density at radius 1 is 0.914 bits per heavy atom. The van der Waals surface area contributed by atoms with Gasteiger partial charge in [0.15, 0.2) is 0 Å². The predicted octanol–water partition coefficient (Wildman–Crippen LogP) is 6.41. The first-order valence-corrected chi connectivity index (χ1v) is 12.8. The van der Waals surface area contributed by atoms with Crippen LogP contribution in [0.2, 0.25) is 0 Å². The molecule has 0 saturated heterocycles. The van der Waals surface area contributed by atoms with Crippen molar-refractivity contribution >= 4 is 68.1 Å². The Bertz CT molecular complexity index is 1350. The SMILES string of the molecule is COc1cc(OC)cc(C(=O)N/N=C\c2cc(I)c(OCc3cccc4ccccc34)c(I)c2)c1. The Labute approximate surface area is 230 Å². The van der Waals surface area contributed by atoms with E-state index in [0.29, 0.717) is 23.7 Å². The third-order valence-corrected chi connectivity index (χ3v) is 6.87. The summed E-state index contributed by atoms with van der Waals surface area (Å²) in [6.07, 6.45) is 1.61. The van der Waals surface area contributed by atoms with Gasteiger partial charge < -0.3 is 14.2 Å². The lowest BCUT2D eigenvalue weighted by atomic mass is 10.1. The number of benzene rings is 4. The van der Waals surface area contributed by atoms with E-state index in [-0.39, 0.29) is 5.91 Å². The lowest BCUT2D eigenvalue weighted by Gasteiger charge is -2.13. The highest BCUT2D eigenvalue weighted by Crippen LogP contribution is 2.30. The zero-order valence-corrected chi connectivity index (χ0v) is 23.4. The molecule has 0 bridgehead atoms. The molecule has 0 unspecified atom stereocenters. The molecule has 35 heavy (non-hydrogen) atoms. The van der Waals surface area contributed by atoms with E-state index in [2.05, 4.69) is 80.0 Å². The topological polar surface area (TPSA) is 69.2 Å². The van der Waals surface area contributed by atoms with Gasteiger partial charge in [-0.2, -0.15) is 5.10 Å². The van der Waals surface area contributed by atoms with Crippen molar-refractivity contribution in [3.8, 4) is 17.2 Å². The number of nitrogens with one attached hydrogen (secondary N) is 1. The Balaban J connectivity index is 1.44. The normalized spacial score (nSPS) is 11.0. The Morgan fingerprint density at radius 2 is 1.57 bits per heavy atom.